The van der Waals surface area contributed by atoms with Crippen molar-refractivity contribution in [2.24, 2.45) is 0 Å². The Morgan fingerprint density at radius 2 is 1.76 bits per heavy atom. The van der Waals surface area contributed by atoms with Gasteiger partial charge in [0, 0.05) is 50.6 Å². The zero-order valence-corrected chi connectivity index (χ0v) is 16.8. The first-order chi connectivity index (χ1) is 14.1. The molecule has 2 amide bonds. The number of Topliss-reactive ketones (excluding diaryl/α,β-unsaturated/α-hetero) is 1. The summed E-state index contributed by atoms with van der Waals surface area (Å²) < 4.78 is 10.3. The smallest absolute Gasteiger partial charge is 0.322 e. The van der Waals surface area contributed by atoms with Crippen molar-refractivity contribution in [1.82, 2.24) is 9.88 Å². The quantitative estimate of drug-likeness (QED) is 0.570. The Morgan fingerprint density at radius 3 is 2.34 bits per heavy atom. The fourth-order valence-electron chi connectivity index (χ4n) is 3.05. The number of hydrogen-bond acceptors (Lipinski definition) is 6. The number of ether oxygens (including phenoxy) is 2. The molecule has 3 rings (SSSR count). The van der Waals surface area contributed by atoms with Crippen molar-refractivity contribution in [2.45, 2.75) is 6.92 Å². The van der Waals surface area contributed by atoms with E-state index in [1.54, 1.807) is 37.3 Å². The van der Waals surface area contributed by atoms with Crippen LogP contribution in [-0.4, -0.2) is 68.2 Å². The van der Waals surface area contributed by atoms with E-state index in [4.69, 9.17) is 9.47 Å². The summed E-state index contributed by atoms with van der Waals surface area (Å²) in [7, 11) is 1.61. The number of piperazine rings is 1. The Labute approximate surface area is 170 Å². The lowest BCUT2D eigenvalue weighted by molar-refractivity contribution is 0.101. The first-order valence-electron chi connectivity index (χ1n) is 9.56. The van der Waals surface area contributed by atoms with Crippen LogP contribution in [0.1, 0.15) is 17.3 Å². The van der Waals surface area contributed by atoms with Crippen LogP contribution in [0.15, 0.2) is 42.6 Å². The molecule has 0 saturated carbocycles. The molecule has 1 N–H and O–H groups in total. The largest absolute Gasteiger partial charge is 0.475 e. The van der Waals surface area contributed by atoms with Crippen LogP contribution < -0.4 is 15.0 Å². The third-order valence-electron chi connectivity index (χ3n) is 4.73. The highest BCUT2D eigenvalue weighted by atomic mass is 16.5. The predicted molar refractivity (Wildman–Crippen MR) is 111 cm³/mol. The van der Waals surface area contributed by atoms with Crippen molar-refractivity contribution in [3.8, 4) is 5.88 Å². The standard InChI is InChI=1S/C21H26N4O4/c1-16(26)17-3-6-19(7-4-17)24-9-11-25(12-10-24)21(27)23-18-5-8-20(22-15-18)29-14-13-28-2/h3-8,15H,9-14H2,1-2H3,(H,23,27). The normalized spacial score (nSPS) is 13.9. The van der Waals surface area contributed by atoms with Gasteiger partial charge in [-0.1, -0.05) is 0 Å². The number of anilines is 2. The molecular weight excluding hydrogens is 372 g/mol. The molecule has 0 spiro atoms. The molecule has 1 aromatic carbocycles. The second-order valence-corrected chi connectivity index (χ2v) is 6.73. The first-order valence-corrected chi connectivity index (χ1v) is 9.56. The van der Waals surface area contributed by atoms with E-state index in [2.05, 4.69) is 15.2 Å². The van der Waals surface area contributed by atoms with E-state index in [9.17, 15) is 9.59 Å². The fraction of sp³-hybridized carbons (Fsp3) is 0.381. The molecule has 154 valence electrons. The molecule has 2 heterocycles. The molecule has 0 bridgehead atoms. The maximum absolute atomic E-state index is 12.5. The highest BCUT2D eigenvalue weighted by molar-refractivity contribution is 5.94. The van der Waals surface area contributed by atoms with Crippen LogP contribution in [0.25, 0.3) is 0 Å². The van der Waals surface area contributed by atoms with E-state index >= 15 is 0 Å². The highest BCUT2D eigenvalue weighted by Gasteiger charge is 2.21. The van der Waals surface area contributed by atoms with Crippen molar-refractivity contribution < 1.29 is 19.1 Å². The van der Waals surface area contributed by atoms with Crippen LogP contribution in [-0.2, 0) is 4.74 Å². The Hall–Kier alpha value is -3.13. The Morgan fingerprint density at radius 1 is 1.03 bits per heavy atom. The minimum absolute atomic E-state index is 0.0575. The minimum atomic E-state index is -0.147. The van der Waals surface area contributed by atoms with Crippen LogP contribution in [0.5, 0.6) is 5.88 Å². The second-order valence-electron chi connectivity index (χ2n) is 6.73. The molecule has 1 aliphatic heterocycles. The number of hydrogen-bond donors (Lipinski definition) is 1. The van der Waals surface area contributed by atoms with Gasteiger partial charge in [-0.05, 0) is 37.3 Å². The Kier molecular flexibility index (Phi) is 7.02. The average molecular weight is 398 g/mol. The van der Waals surface area contributed by atoms with E-state index in [0.717, 1.165) is 18.8 Å². The summed E-state index contributed by atoms with van der Waals surface area (Å²) in [6.45, 7) is 5.18. The van der Waals surface area contributed by atoms with Crippen molar-refractivity contribution in [3.63, 3.8) is 0 Å². The zero-order valence-electron chi connectivity index (χ0n) is 16.8. The number of pyridine rings is 1. The van der Waals surface area contributed by atoms with E-state index in [-0.39, 0.29) is 11.8 Å². The summed E-state index contributed by atoms with van der Waals surface area (Å²) in [5.41, 5.74) is 2.38. The van der Waals surface area contributed by atoms with Gasteiger partial charge in [0.05, 0.1) is 18.5 Å². The third-order valence-corrected chi connectivity index (χ3v) is 4.73. The van der Waals surface area contributed by atoms with E-state index in [0.29, 0.717) is 43.4 Å². The Bertz CT molecular complexity index is 816. The highest BCUT2D eigenvalue weighted by Crippen LogP contribution is 2.18. The predicted octanol–water partition coefficient (Wildman–Crippen LogP) is 2.66. The number of rotatable bonds is 7. The van der Waals surface area contributed by atoms with Gasteiger partial charge in [-0.2, -0.15) is 0 Å². The molecule has 29 heavy (non-hydrogen) atoms. The summed E-state index contributed by atoms with van der Waals surface area (Å²) in [5, 5.41) is 2.87. The first kappa shape index (κ1) is 20.6. The number of carbonyl (C=O) groups is 2. The lowest BCUT2D eigenvalue weighted by Gasteiger charge is -2.36. The van der Waals surface area contributed by atoms with Gasteiger partial charge in [0.15, 0.2) is 5.78 Å². The topological polar surface area (TPSA) is 84.0 Å². The number of carbonyl (C=O) groups excluding carboxylic acids is 2. The van der Waals surface area contributed by atoms with Gasteiger partial charge in [0.1, 0.15) is 6.61 Å². The van der Waals surface area contributed by atoms with Crippen molar-refractivity contribution >= 4 is 23.2 Å². The van der Waals surface area contributed by atoms with Gasteiger partial charge in [-0.3, -0.25) is 4.79 Å². The number of amides is 2. The van der Waals surface area contributed by atoms with Gasteiger partial charge >= 0.3 is 6.03 Å². The average Bonchev–Trinajstić information content (AvgIpc) is 2.75. The molecule has 2 aromatic rings. The van der Waals surface area contributed by atoms with Crippen LogP contribution in [0, 0.1) is 0 Å². The maximum atomic E-state index is 12.5. The fourth-order valence-corrected chi connectivity index (χ4v) is 3.05. The van der Waals surface area contributed by atoms with E-state index in [1.165, 1.54) is 0 Å². The van der Waals surface area contributed by atoms with E-state index < -0.39 is 0 Å². The number of ketones is 1. The molecule has 1 fully saturated rings. The van der Waals surface area contributed by atoms with E-state index in [1.807, 2.05) is 24.3 Å². The van der Waals surface area contributed by atoms with Crippen LogP contribution >= 0.6 is 0 Å². The van der Waals surface area contributed by atoms with Crippen LogP contribution in [0.4, 0.5) is 16.2 Å². The number of methoxy groups -OCH3 is 1. The number of benzene rings is 1. The van der Waals surface area contributed by atoms with Crippen molar-refractivity contribution in [2.75, 3.05) is 56.7 Å². The lowest BCUT2D eigenvalue weighted by Crippen LogP contribution is -2.50. The molecule has 1 aromatic heterocycles. The summed E-state index contributed by atoms with van der Waals surface area (Å²) in [6, 6.07) is 10.9. The summed E-state index contributed by atoms with van der Waals surface area (Å²) in [6.07, 6.45) is 1.58. The zero-order chi connectivity index (χ0) is 20.6. The molecule has 0 atom stereocenters. The van der Waals surface area contributed by atoms with Gasteiger partial charge in [-0.25, -0.2) is 9.78 Å². The van der Waals surface area contributed by atoms with Crippen molar-refractivity contribution in [3.05, 3.63) is 48.2 Å². The summed E-state index contributed by atoms with van der Waals surface area (Å²) in [5.74, 6) is 0.548. The molecule has 1 aliphatic rings. The summed E-state index contributed by atoms with van der Waals surface area (Å²) in [4.78, 5) is 32.1. The lowest BCUT2D eigenvalue weighted by atomic mass is 10.1. The van der Waals surface area contributed by atoms with Gasteiger partial charge in [-0.15, -0.1) is 0 Å². The van der Waals surface area contributed by atoms with Gasteiger partial charge in [0.25, 0.3) is 0 Å². The third kappa shape index (κ3) is 5.68. The molecule has 0 aliphatic carbocycles. The van der Waals surface area contributed by atoms with Crippen molar-refractivity contribution in [1.29, 1.82) is 0 Å². The van der Waals surface area contributed by atoms with Crippen LogP contribution in [0.2, 0.25) is 0 Å². The van der Waals surface area contributed by atoms with Gasteiger partial charge < -0.3 is 24.6 Å². The molecule has 8 heteroatoms. The Balaban J connectivity index is 1.47. The summed E-state index contributed by atoms with van der Waals surface area (Å²) >= 11 is 0. The maximum Gasteiger partial charge on any atom is 0.322 e. The molecular formula is C21H26N4O4. The monoisotopic (exact) mass is 398 g/mol. The molecule has 1 saturated heterocycles. The number of urea groups is 1. The number of nitrogens with zero attached hydrogens (tertiary/aromatic N) is 3. The molecule has 0 unspecified atom stereocenters. The molecule has 0 radical (unpaired) electrons. The number of nitrogens with one attached hydrogen (secondary N) is 1. The SMILES string of the molecule is COCCOc1ccc(NC(=O)N2CCN(c3ccc(C(C)=O)cc3)CC2)cn1. The second kappa shape index (κ2) is 9.88. The van der Waals surface area contributed by atoms with Crippen LogP contribution in [0.3, 0.4) is 0 Å². The molecule has 8 nitrogen and oxygen atoms in total. The minimum Gasteiger partial charge on any atom is -0.475 e. The number of aromatic nitrogens is 1. The van der Waals surface area contributed by atoms with Gasteiger partial charge in [0.2, 0.25) is 5.88 Å².